The molecule has 0 aliphatic rings. The van der Waals surface area contributed by atoms with Gasteiger partial charge in [-0.05, 0) is 24.1 Å². The summed E-state index contributed by atoms with van der Waals surface area (Å²) in [5, 5.41) is 6.86. The van der Waals surface area contributed by atoms with Gasteiger partial charge >= 0.3 is 0 Å². The number of hydrogen-bond acceptors (Lipinski definition) is 2. The lowest BCUT2D eigenvalue weighted by Crippen LogP contribution is -1.87. The number of nitrogens with two attached hydrogens (primary N) is 1. The molecule has 0 saturated heterocycles. The van der Waals surface area contributed by atoms with Crippen LogP contribution in [0, 0.1) is 0 Å². The molecular weight excluding hydrogens is 254 g/mol. The van der Waals surface area contributed by atoms with Gasteiger partial charge < -0.3 is 5.73 Å². The topological polar surface area (TPSA) is 54.7 Å². The van der Waals surface area contributed by atoms with Crippen molar-refractivity contribution in [2.45, 2.75) is 13.3 Å². The van der Waals surface area contributed by atoms with Crippen LogP contribution in [0.3, 0.4) is 0 Å². The molecule has 0 unspecified atom stereocenters. The van der Waals surface area contributed by atoms with Gasteiger partial charge in [-0.2, -0.15) is 5.10 Å². The maximum atomic E-state index is 5.59. The summed E-state index contributed by atoms with van der Waals surface area (Å²) in [7, 11) is 0. The van der Waals surface area contributed by atoms with Crippen LogP contribution in [-0.2, 0) is 6.42 Å². The van der Waals surface area contributed by atoms with E-state index in [2.05, 4.69) is 45.2 Å². The van der Waals surface area contributed by atoms with E-state index in [9.17, 15) is 0 Å². The Morgan fingerprint density at radius 2 is 2.20 bits per heavy atom. The largest absolute Gasteiger partial charge is 0.382 e. The lowest BCUT2D eigenvalue weighted by Gasteiger charge is -2.05. The van der Waals surface area contributed by atoms with Crippen molar-refractivity contribution in [3.8, 4) is 11.3 Å². The van der Waals surface area contributed by atoms with Gasteiger partial charge in [-0.3, -0.25) is 5.10 Å². The quantitative estimate of drug-likeness (QED) is 0.877. The molecule has 0 radical (unpaired) electrons. The lowest BCUT2D eigenvalue weighted by atomic mass is 10.0. The first-order chi connectivity index (χ1) is 7.20. The molecule has 2 aromatic rings. The van der Waals surface area contributed by atoms with E-state index in [1.165, 1.54) is 5.56 Å². The molecule has 4 heteroatoms. The molecule has 0 atom stereocenters. The predicted octanol–water partition coefficient (Wildman–Crippen LogP) is 2.98. The van der Waals surface area contributed by atoms with Crippen LogP contribution in [0.5, 0.6) is 0 Å². The van der Waals surface area contributed by atoms with E-state index in [0.29, 0.717) is 5.82 Å². The maximum absolute atomic E-state index is 5.59. The van der Waals surface area contributed by atoms with Crippen LogP contribution in [-0.4, -0.2) is 10.2 Å². The number of hydrogen-bond donors (Lipinski definition) is 2. The van der Waals surface area contributed by atoms with Gasteiger partial charge in [-0.1, -0.05) is 28.9 Å². The highest BCUT2D eigenvalue weighted by Crippen LogP contribution is 2.26. The number of nitrogens with one attached hydrogen (secondary N) is 1. The molecule has 0 aliphatic carbocycles. The summed E-state index contributed by atoms with van der Waals surface area (Å²) in [6, 6.07) is 8.05. The second-order valence-electron chi connectivity index (χ2n) is 3.36. The summed E-state index contributed by atoms with van der Waals surface area (Å²) in [4.78, 5) is 0. The fourth-order valence-electron chi connectivity index (χ4n) is 1.59. The first-order valence-electron chi connectivity index (χ1n) is 4.80. The van der Waals surface area contributed by atoms with Gasteiger partial charge in [0.05, 0.1) is 5.69 Å². The minimum Gasteiger partial charge on any atom is -0.382 e. The molecule has 1 aromatic heterocycles. The number of aromatic nitrogens is 2. The number of aryl methyl sites for hydroxylation is 1. The summed E-state index contributed by atoms with van der Waals surface area (Å²) in [5.41, 5.74) is 8.98. The van der Waals surface area contributed by atoms with Gasteiger partial charge in [-0.25, -0.2) is 0 Å². The Balaban J connectivity index is 2.52. The third-order valence-corrected chi connectivity index (χ3v) is 2.83. The second-order valence-corrected chi connectivity index (χ2v) is 4.28. The van der Waals surface area contributed by atoms with Crippen LogP contribution in [0.25, 0.3) is 11.3 Å². The molecule has 3 nitrogen and oxygen atoms in total. The van der Waals surface area contributed by atoms with Crippen LogP contribution in [0.4, 0.5) is 5.82 Å². The highest BCUT2D eigenvalue weighted by molar-refractivity contribution is 9.10. The van der Waals surface area contributed by atoms with Crippen LogP contribution in [0.1, 0.15) is 12.5 Å². The average Bonchev–Trinajstić information content (AvgIpc) is 2.64. The maximum Gasteiger partial charge on any atom is 0.145 e. The van der Waals surface area contributed by atoms with E-state index >= 15 is 0 Å². The minimum absolute atomic E-state index is 0.523. The van der Waals surface area contributed by atoms with Crippen LogP contribution >= 0.6 is 15.9 Å². The Bertz CT molecular complexity index is 476. The Labute approximate surface area is 96.8 Å². The van der Waals surface area contributed by atoms with Gasteiger partial charge in [0, 0.05) is 16.1 Å². The van der Waals surface area contributed by atoms with E-state index in [0.717, 1.165) is 22.2 Å². The van der Waals surface area contributed by atoms with E-state index in [-0.39, 0.29) is 0 Å². The highest BCUT2D eigenvalue weighted by Gasteiger charge is 2.06. The Morgan fingerprint density at radius 1 is 1.40 bits per heavy atom. The molecule has 0 fully saturated rings. The molecule has 0 spiro atoms. The number of rotatable bonds is 2. The van der Waals surface area contributed by atoms with Crippen molar-refractivity contribution in [3.63, 3.8) is 0 Å². The Kier molecular flexibility index (Phi) is 2.77. The highest BCUT2D eigenvalue weighted by atomic mass is 79.9. The van der Waals surface area contributed by atoms with Gasteiger partial charge in [0.2, 0.25) is 0 Å². The summed E-state index contributed by atoms with van der Waals surface area (Å²) in [6.07, 6.45) is 0.980. The minimum atomic E-state index is 0.523. The number of anilines is 1. The first-order valence-corrected chi connectivity index (χ1v) is 5.59. The third kappa shape index (κ3) is 2.04. The fourth-order valence-corrected chi connectivity index (χ4v) is 2.00. The van der Waals surface area contributed by atoms with Crippen LogP contribution in [0.2, 0.25) is 0 Å². The van der Waals surface area contributed by atoms with Gasteiger partial charge in [-0.15, -0.1) is 0 Å². The molecule has 78 valence electrons. The molecule has 3 N–H and O–H groups in total. The number of benzene rings is 1. The normalized spacial score (nSPS) is 10.5. The zero-order valence-electron chi connectivity index (χ0n) is 8.42. The summed E-state index contributed by atoms with van der Waals surface area (Å²) in [6.45, 7) is 2.13. The number of halogens is 1. The SMILES string of the molecule is CCc1cc(Br)ccc1-c1cc(N)n[nH]1. The first kappa shape index (κ1) is 10.2. The molecule has 2 rings (SSSR count). The van der Waals surface area contributed by atoms with Crippen molar-refractivity contribution in [2.75, 3.05) is 5.73 Å². The number of aromatic amines is 1. The molecule has 0 bridgehead atoms. The van der Waals surface area contributed by atoms with Crippen LogP contribution in [0.15, 0.2) is 28.7 Å². The third-order valence-electron chi connectivity index (χ3n) is 2.34. The Hall–Kier alpha value is -1.29. The fraction of sp³-hybridized carbons (Fsp3) is 0.182. The van der Waals surface area contributed by atoms with Crippen molar-refractivity contribution in [1.82, 2.24) is 10.2 Å². The Morgan fingerprint density at radius 3 is 2.80 bits per heavy atom. The van der Waals surface area contributed by atoms with Crippen molar-refractivity contribution in [2.24, 2.45) is 0 Å². The van der Waals surface area contributed by atoms with E-state index in [1.54, 1.807) is 0 Å². The zero-order valence-corrected chi connectivity index (χ0v) is 10.0. The molecule has 1 aromatic carbocycles. The zero-order chi connectivity index (χ0) is 10.8. The monoisotopic (exact) mass is 265 g/mol. The average molecular weight is 266 g/mol. The lowest BCUT2D eigenvalue weighted by molar-refractivity contribution is 1.09. The number of H-pyrrole nitrogens is 1. The second kappa shape index (κ2) is 4.06. The van der Waals surface area contributed by atoms with Gasteiger partial charge in [0.15, 0.2) is 0 Å². The van der Waals surface area contributed by atoms with E-state index in [1.807, 2.05) is 12.1 Å². The van der Waals surface area contributed by atoms with Crippen molar-refractivity contribution in [3.05, 3.63) is 34.3 Å². The predicted molar refractivity (Wildman–Crippen MR) is 65.5 cm³/mol. The standard InChI is InChI=1S/C11H12BrN3/c1-2-7-5-8(12)3-4-9(7)10-6-11(13)15-14-10/h3-6H,2H2,1H3,(H3,13,14,15). The molecule has 0 saturated carbocycles. The van der Waals surface area contributed by atoms with Crippen molar-refractivity contribution in [1.29, 1.82) is 0 Å². The van der Waals surface area contributed by atoms with Crippen LogP contribution < -0.4 is 5.73 Å². The number of nitrogens with zero attached hydrogens (tertiary/aromatic N) is 1. The molecule has 1 heterocycles. The molecule has 0 amide bonds. The summed E-state index contributed by atoms with van der Waals surface area (Å²) < 4.78 is 1.09. The molecular formula is C11H12BrN3. The van der Waals surface area contributed by atoms with Crippen molar-refractivity contribution >= 4 is 21.7 Å². The van der Waals surface area contributed by atoms with E-state index in [4.69, 9.17) is 5.73 Å². The smallest absolute Gasteiger partial charge is 0.145 e. The van der Waals surface area contributed by atoms with Crippen molar-refractivity contribution < 1.29 is 0 Å². The number of nitrogen functional groups attached to an aromatic ring is 1. The van der Waals surface area contributed by atoms with Gasteiger partial charge in [0.1, 0.15) is 5.82 Å². The molecule has 0 aliphatic heterocycles. The van der Waals surface area contributed by atoms with Gasteiger partial charge in [0.25, 0.3) is 0 Å². The summed E-state index contributed by atoms with van der Waals surface area (Å²) in [5.74, 6) is 0.523. The summed E-state index contributed by atoms with van der Waals surface area (Å²) >= 11 is 3.46. The molecule has 15 heavy (non-hydrogen) atoms. The van der Waals surface area contributed by atoms with E-state index < -0.39 is 0 Å².